The number of hydrogen-bond acceptors (Lipinski definition) is 2. The third kappa shape index (κ3) is 9.62. The van der Waals surface area contributed by atoms with Crippen molar-refractivity contribution in [2.75, 3.05) is 7.05 Å². The molecule has 94 valence electrons. The van der Waals surface area contributed by atoms with E-state index < -0.39 is 5.60 Å². The number of rotatable bonds is 2. The van der Waals surface area contributed by atoms with Gasteiger partial charge in [-0.05, 0) is 38.6 Å². The molecule has 0 saturated heterocycles. The van der Waals surface area contributed by atoms with Gasteiger partial charge in [0.05, 0.1) is 5.60 Å². The van der Waals surface area contributed by atoms with Gasteiger partial charge in [-0.2, -0.15) is 0 Å². The quantitative estimate of drug-likeness (QED) is 0.819. The molecule has 1 aromatic carbocycles. The van der Waals surface area contributed by atoms with Crippen molar-refractivity contribution >= 4 is 0 Å². The Morgan fingerprint density at radius 1 is 1.12 bits per heavy atom. The molecule has 0 amide bonds. The predicted molar refractivity (Wildman–Crippen MR) is 67.9 cm³/mol. The van der Waals surface area contributed by atoms with Crippen molar-refractivity contribution in [3.63, 3.8) is 0 Å². The Bertz CT molecular complexity index is 252. The molecule has 0 unspecified atom stereocenters. The van der Waals surface area contributed by atoms with Gasteiger partial charge in [-0.3, -0.25) is 0 Å². The van der Waals surface area contributed by atoms with Crippen LogP contribution in [0.5, 0.6) is 0 Å². The maximum Gasteiger partial charge on any atom is 0.123 e. The molecule has 0 bridgehead atoms. The van der Waals surface area contributed by atoms with E-state index in [1.807, 2.05) is 13.8 Å². The molecule has 16 heavy (non-hydrogen) atoms. The Kier molecular flexibility index (Phi) is 10.2. The smallest absolute Gasteiger partial charge is 0.123 e. The summed E-state index contributed by atoms with van der Waals surface area (Å²) in [6, 6.07) is 6.18. The molecule has 3 N–H and O–H groups in total. The van der Waals surface area contributed by atoms with Gasteiger partial charge in [-0.25, -0.2) is 4.39 Å². The second-order valence-corrected chi connectivity index (χ2v) is 3.62. The molecule has 0 aromatic heterocycles. The highest BCUT2D eigenvalue weighted by Crippen LogP contribution is 2.12. The first-order valence-corrected chi connectivity index (χ1v) is 5.52. The van der Waals surface area contributed by atoms with Crippen molar-refractivity contribution in [1.82, 2.24) is 0 Å². The zero-order valence-corrected chi connectivity index (χ0v) is 10.9. The van der Waals surface area contributed by atoms with Crippen molar-refractivity contribution in [2.24, 2.45) is 5.73 Å². The number of halogens is 1. The first kappa shape index (κ1) is 17.5. The summed E-state index contributed by atoms with van der Waals surface area (Å²) >= 11 is 0. The lowest BCUT2D eigenvalue weighted by molar-refractivity contribution is 0.0810. The molecule has 1 rings (SSSR count). The second kappa shape index (κ2) is 9.31. The number of nitrogens with two attached hydrogens (primary N) is 1. The molecular weight excluding hydrogens is 205 g/mol. The van der Waals surface area contributed by atoms with Gasteiger partial charge in [0.25, 0.3) is 0 Å². The lowest BCUT2D eigenvalue weighted by Crippen LogP contribution is -2.21. The van der Waals surface area contributed by atoms with Crippen LogP contribution in [-0.2, 0) is 6.42 Å². The van der Waals surface area contributed by atoms with Gasteiger partial charge in [0.15, 0.2) is 0 Å². The van der Waals surface area contributed by atoms with Crippen LogP contribution in [0.2, 0.25) is 0 Å². The van der Waals surface area contributed by atoms with Crippen LogP contribution in [0.3, 0.4) is 0 Å². The van der Waals surface area contributed by atoms with Crippen molar-refractivity contribution in [3.8, 4) is 0 Å². The predicted octanol–water partition coefficient (Wildman–Crippen LogP) is 2.74. The van der Waals surface area contributed by atoms with Gasteiger partial charge < -0.3 is 10.8 Å². The Morgan fingerprint density at radius 2 is 1.50 bits per heavy atom. The zero-order valence-electron chi connectivity index (χ0n) is 10.9. The van der Waals surface area contributed by atoms with Crippen molar-refractivity contribution in [1.29, 1.82) is 0 Å². The van der Waals surface area contributed by atoms with Gasteiger partial charge in [0.2, 0.25) is 0 Å². The highest BCUT2D eigenvalue weighted by molar-refractivity contribution is 5.17. The van der Waals surface area contributed by atoms with Crippen LogP contribution in [-0.4, -0.2) is 17.8 Å². The minimum absolute atomic E-state index is 0.241. The normalized spacial score (nSPS) is 9.50. The molecule has 0 heterocycles. The average Bonchev–Trinajstić information content (AvgIpc) is 2.25. The Balaban J connectivity index is 0. The van der Waals surface area contributed by atoms with Crippen LogP contribution < -0.4 is 5.73 Å². The van der Waals surface area contributed by atoms with E-state index in [1.54, 1.807) is 26.0 Å². The molecule has 0 fully saturated rings. The molecule has 0 spiro atoms. The SMILES string of the molecule is CC.CC(C)(O)Cc1ccc(F)cc1.CN. The molecule has 0 saturated carbocycles. The highest BCUT2D eigenvalue weighted by atomic mass is 19.1. The van der Waals surface area contributed by atoms with E-state index in [0.29, 0.717) is 6.42 Å². The molecule has 1 aromatic rings. The minimum atomic E-state index is -0.724. The van der Waals surface area contributed by atoms with Crippen molar-refractivity contribution < 1.29 is 9.50 Å². The summed E-state index contributed by atoms with van der Waals surface area (Å²) in [6.45, 7) is 7.46. The summed E-state index contributed by atoms with van der Waals surface area (Å²) in [5.74, 6) is -0.241. The number of aliphatic hydroxyl groups is 1. The van der Waals surface area contributed by atoms with Crippen LogP contribution in [0.25, 0.3) is 0 Å². The largest absolute Gasteiger partial charge is 0.390 e. The van der Waals surface area contributed by atoms with E-state index in [4.69, 9.17) is 0 Å². The number of benzene rings is 1. The maximum absolute atomic E-state index is 12.5. The van der Waals surface area contributed by atoms with Gasteiger partial charge >= 0.3 is 0 Å². The van der Waals surface area contributed by atoms with E-state index in [-0.39, 0.29) is 5.82 Å². The van der Waals surface area contributed by atoms with E-state index in [9.17, 15) is 9.50 Å². The zero-order chi connectivity index (χ0) is 13.2. The molecule has 0 radical (unpaired) electrons. The second-order valence-electron chi connectivity index (χ2n) is 3.62. The fraction of sp³-hybridized carbons (Fsp3) is 0.538. The molecule has 0 aliphatic heterocycles. The lowest BCUT2D eigenvalue weighted by Gasteiger charge is -2.16. The first-order valence-electron chi connectivity index (χ1n) is 5.52. The van der Waals surface area contributed by atoms with Crippen LogP contribution in [0, 0.1) is 5.82 Å². The summed E-state index contributed by atoms with van der Waals surface area (Å²) < 4.78 is 12.5. The molecule has 3 heteroatoms. The van der Waals surface area contributed by atoms with E-state index in [2.05, 4.69) is 5.73 Å². The summed E-state index contributed by atoms with van der Waals surface area (Å²) in [7, 11) is 1.50. The van der Waals surface area contributed by atoms with E-state index >= 15 is 0 Å². The topological polar surface area (TPSA) is 46.2 Å². The van der Waals surface area contributed by atoms with E-state index in [1.165, 1.54) is 19.2 Å². The standard InChI is InChI=1S/C10H13FO.C2H6.CH5N/c1-10(2,12)7-8-3-5-9(11)6-4-8;2*1-2/h3-6,12H,7H2,1-2H3;1-2H3;2H2,1H3. The van der Waals surface area contributed by atoms with Gasteiger partial charge in [-0.15, -0.1) is 0 Å². The fourth-order valence-electron chi connectivity index (χ4n) is 1.10. The lowest BCUT2D eigenvalue weighted by atomic mass is 9.99. The summed E-state index contributed by atoms with van der Waals surface area (Å²) in [5, 5.41) is 9.45. The van der Waals surface area contributed by atoms with Gasteiger partial charge in [0.1, 0.15) is 5.82 Å². The molecule has 0 aliphatic carbocycles. The summed E-state index contributed by atoms with van der Waals surface area (Å²) in [6.07, 6.45) is 0.549. The van der Waals surface area contributed by atoms with Crippen molar-refractivity contribution in [2.45, 2.75) is 39.7 Å². The fourth-order valence-corrected chi connectivity index (χ4v) is 1.10. The van der Waals surface area contributed by atoms with Gasteiger partial charge in [0, 0.05) is 6.42 Å². The van der Waals surface area contributed by atoms with Crippen LogP contribution >= 0.6 is 0 Å². The monoisotopic (exact) mass is 229 g/mol. The third-order valence-electron chi connectivity index (χ3n) is 1.55. The van der Waals surface area contributed by atoms with E-state index in [0.717, 1.165) is 5.56 Å². The molecule has 0 atom stereocenters. The molecular formula is C13H24FNO. The molecule has 0 aliphatic rings. The summed E-state index contributed by atoms with van der Waals surface area (Å²) in [4.78, 5) is 0. The maximum atomic E-state index is 12.5. The highest BCUT2D eigenvalue weighted by Gasteiger charge is 2.12. The number of hydrogen-bond donors (Lipinski definition) is 2. The van der Waals surface area contributed by atoms with Crippen LogP contribution in [0.4, 0.5) is 4.39 Å². The molecule has 2 nitrogen and oxygen atoms in total. The van der Waals surface area contributed by atoms with Crippen LogP contribution in [0.15, 0.2) is 24.3 Å². The first-order chi connectivity index (χ1) is 7.47. The Morgan fingerprint density at radius 3 is 1.81 bits per heavy atom. The average molecular weight is 229 g/mol. The Hall–Kier alpha value is -0.930. The van der Waals surface area contributed by atoms with Crippen LogP contribution in [0.1, 0.15) is 33.3 Å². The summed E-state index contributed by atoms with van der Waals surface area (Å²) in [5.41, 5.74) is 4.72. The third-order valence-corrected chi connectivity index (χ3v) is 1.55. The Labute approximate surface area is 98.3 Å². The van der Waals surface area contributed by atoms with Gasteiger partial charge in [-0.1, -0.05) is 26.0 Å². The minimum Gasteiger partial charge on any atom is -0.390 e. The van der Waals surface area contributed by atoms with Crippen molar-refractivity contribution in [3.05, 3.63) is 35.6 Å².